The molecule has 1 aliphatic rings. The zero-order valence-corrected chi connectivity index (χ0v) is 10.9. The third-order valence-corrected chi connectivity index (χ3v) is 4.29. The number of methoxy groups -OCH3 is 1. The first-order chi connectivity index (χ1) is 8.06. The summed E-state index contributed by atoms with van der Waals surface area (Å²) in [5.74, 6) is 0.494. The van der Waals surface area contributed by atoms with Crippen molar-refractivity contribution in [1.29, 1.82) is 0 Å². The quantitative estimate of drug-likeness (QED) is 0.873. The number of thioether (sulfide) groups is 1. The molecular weight excluding hydrogens is 238 g/mol. The lowest BCUT2D eigenvalue weighted by Gasteiger charge is -2.34. The van der Waals surface area contributed by atoms with Gasteiger partial charge in [0.05, 0.1) is 12.8 Å². The van der Waals surface area contributed by atoms with Crippen molar-refractivity contribution >= 4 is 23.4 Å². The van der Waals surface area contributed by atoms with Gasteiger partial charge in [0.15, 0.2) is 0 Å². The lowest BCUT2D eigenvalue weighted by Crippen LogP contribution is -2.43. The molecule has 0 radical (unpaired) electrons. The van der Waals surface area contributed by atoms with E-state index in [1.807, 2.05) is 19.1 Å². The fraction of sp³-hybridized carbons (Fsp3) is 0.417. The maximum Gasteiger partial charge on any atom is 0.327 e. The monoisotopic (exact) mass is 253 g/mol. The zero-order valence-electron chi connectivity index (χ0n) is 10.1. The number of rotatable bonds is 2. The Bertz CT molecular complexity index is 461. The van der Waals surface area contributed by atoms with E-state index in [0.29, 0.717) is 5.75 Å². The van der Waals surface area contributed by atoms with Crippen LogP contribution in [0.2, 0.25) is 0 Å². The molecule has 2 rings (SSSR count). The second-order valence-corrected chi connectivity index (χ2v) is 5.07. The molecule has 1 atom stereocenters. The summed E-state index contributed by atoms with van der Waals surface area (Å²) >= 11 is 1.58. The zero-order chi connectivity index (χ0) is 12.6. The molecule has 4 nitrogen and oxygen atoms in total. The van der Waals surface area contributed by atoms with Crippen LogP contribution in [0.5, 0.6) is 5.75 Å². The minimum atomic E-state index is -0.797. The molecule has 0 saturated carbocycles. The average molecular weight is 253 g/mol. The van der Waals surface area contributed by atoms with Crippen molar-refractivity contribution in [3.05, 3.63) is 17.7 Å². The number of nitrogens with zero attached hydrogens (tertiary/aromatic N) is 1. The normalized spacial score (nSPS) is 18.8. The fourth-order valence-corrected chi connectivity index (χ4v) is 3.37. The van der Waals surface area contributed by atoms with Gasteiger partial charge in [-0.05, 0) is 18.6 Å². The van der Waals surface area contributed by atoms with E-state index in [-0.39, 0.29) is 0 Å². The molecular formula is C12H15NO3S. The summed E-state index contributed by atoms with van der Waals surface area (Å²) in [5.41, 5.74) is 2.04. The Labute approximate surface area is 105 Å². The topological polar surface area (TPSA) is 49.8 Å². The third kappa shape index (κ3) is 1.95. The number of carboxylic acids is 1. The Morgan fingerprint density at radius 3 is 2.88 bits per heavy atom. The van der Waals surface area contributed by atoms with Crippen molar-refractivity contribution in [2.75, 3.05) is 24.8 Å². The molecule has 0 amide bonds. The van der Waals surface area contributed by atoms with Gasteiger partial charge in [-0.3, -0.25) is 0 Å². The highest BCUT2D eigenvalue weighted by molar-refractivity contribution is 7.99. The summed E-state index contributed by atoms with van der Waals surface area (Å²) < 4.78 is 5.32. The van der Waals surface area contributed by atoms with E-state index in [1.54, 1.807) is 30.8 Å². The fourth-order valence-electron chi connectivity index (χ4n) is 2.00. The van der Waals surface area contributed by atoms with Gasteiger partial charge < -0.3 is 14.7 Å². The van der Waals surface area contributed by atoms with Gasteiger partial charge in [0.2, 0.25) is 0 Å². The Morgan fingerprint density at radius 2 is 2.29 bits per heavy atom. The third-order valence-electron chi connectivity index (χ3n) is 3.00. The second kappa shape index (κ2) is 4.49. The molecule has 1 aliphatic heterocycles. The molecule has 0 saturated heterocycles. The van der Waals surface area contributed by atoms with Gasteiger partial charge in [-0.25, -0.2) is 4.79 Å². The highest BCUT2D eigenvalue weighted by atomic mass is 32.2. The predicted octanol–water partition coefficient (Wildman–Crippen LogP) is 2.00. The molecule has 1 unspecified atom stereocenters. The van der Waals surface area contributed by atoms with Crippen LogP contribution in [0.4, 0.5) is 5.69 Å². The SMILES string of the molecule is COc1ccc(C)c2c1N(C)C(C(=O)O)CS2. The van der Waals surface area contributed by atoms with Gasteiger partial charge in [-0.2, -0.15) is 0 Å². The summed E-state index contributed by atoms with van der Waals surface area (Å²) in [7, 11) is 3.41. The summed E-state index contributed by atoms with van der Waals surface area (Å²) in [5, 5.41) is 9.17. The lowest BCUT2D eigenvalue weighted by atomic mass is 10.1. The lowest BCUT2D eigenvalue weighted by molar-refractivity contribution is -0.138. The molecule has 5 heteroatoms. The highest BCUT2D eigenvalue weighted by Gasteiger charge is 2.32. The number of aryl methyl sites for hydroxylation is 1. The van der Waals surface area contributed by atoms with Gasteiger partial charge >= 0.3 is 5.97 Å². The Kier molecular flexibility index (Phi) is 3.19. The van der Waals surface area contributed by atoms with Crippen LogP contribution in [0.25, 0.3) is 0 Å². The van der Waals surface area contributed by atoms with E-state index in [0.717, 1.165) is 21.9 Å². The number of anilines is 1. The second-order valence-electron chi connectivity index (χ2n) is 4.04. The van der Waals surface area contributed by atoms with E-state index >= 15 is 0 Å². The van der Waals surface area contributed by atoms with Gasteiger partial charge in [0, 0.05) is 17.7 Å². The first-order valence-electron chi connectivity index (χ1n) is 5.32. The molecule has 0 spiro atoms. The number of likely N-dealkylation sites (N-methyl/N-ethyl adjacent to an activating group) is 1. The number of ether oxygens (including phenoxy) is 1. The summed E-state index contributed by atoms with van der Waals surface area (Å²) in [6.07, 6.45) is 0. The molecule has 17 heavy (non-hydrogen) atoms. The maximum absolute atomic E-state index is 11.2. The van der Waals surface area contributed by atoms with Crippen LogP contribution < -0.4 is 9.64 Å². The molecule has 0 aliphatic carbocycles. The minimum Gasteiger partial charge on any atom is -0.495 e. The van der Waals surface area contributed by atoms with Gasteiger partial charge in [-0.1, -0.05) is 6.07 Å². The van der Waals surface area contributed by atoms with Crippen LogP contribution in [0, 0.1) is 6.92 Å². The van der Waals surface area contributed by atoms with Crippen molar-refractivity contribution in [3.8, 4) is 5.75 Å². The molecule has 0 aromatic heterocycles. The van der Waals surface area contributed by atoms with Crippen LogP contribution in [0.1, 0.15) is 5.56 Å². The number of aliphatic carboxylic acids is 1. The van der Waals surface area contributed by atoms with Crippen molar-refractivity contribution in [2.45, 2.75) is 17.9 Å². The van der Waals surface area contributed by atoms with Gasteiger partial charge in [0.1, 0.15) is 11.8 Å². The van der Waals surface area contributed by atoms with Crippen molar-refractivity contribution < 1.29 is 14.6 Å². The predicted molar refractivity (Wildman–Crippen MR) is 68.3 cm³/mol. The summed E-state index contributed by atoms with van der Waals surface area (Å²) in [6, 6.07) is 3.39. The van der Waals surface area contributed by atoms with Gasteiger partial charge in [-0.15, -0.1) is 11.8 Å². The van der Waals surface area contributed by atoms with Crippen LogP contribution in [-0.2, 0) is 4.79 Å². The van der Waals surface area contributed by atoms with Crippen LogP contribution >= 0.6 is 11.8 Å². The number of carbonyl (C=O) groups is 1. The van der Waals surface area contributed by atoms with E-state index in [4.69, 9.17) is 4.74 Å². The van der Waals surface area contributed by atoms with Crippen LogP contribution in [0.15, 0.2) is 17.0 Å². The van der Waals surface area contributed by atoms with E-state index in [2.05, 4.69) is 0 Å². The van der Waals surface area contributed by atoms with Crippen molar-refractivity contribution in [2.24, 2.45) is 0 Å². The van der Waals surface area contributed by atoms with Crippen LogP contribution in [0.3, 0.4) is 0 Å². The molecule has 92 valence electrons. The Hall–Kier alpha value is -1.36. The Morgan fingerprint density at radius 1 is 1.59 bits per heavy atom. The first-order valence-corrected chi connectivity index (χ1v) is 6.31. The average Bonchev–Trinajstić information content (AvgIpc) is 2.30. The largest absolute Gasteiger partial charge is 0.495 e. The number of hydrogen-bond donors (Lipinski definition) is 1. The number of carboxylic acid groups (broad SMARTS) is 1. The number of hydrogen-bond acceptors (Lipinski definition) is 4. The summed E-state index contributed by atoms with van der Waals surface area (Å²) in [6.45, 7) is 2.03. The highest BCUT2D eigenvalue weighted by Crippen LogP contribution is 2.44. The molecule has 0 bridgehead atoms. The molecule has 0 fully saturated rings. The van der Waals surface area contributed by atoms with Crippen molar-refractivity contribution in [1.82, 2.24) is 0 Å². The molecule has 1 aromatic carbocycles. The Balaban J connectivity index is 2.53. The number of fused-ring (bicyclic) bond motifs is 1. The maximum atomic E-state index is 11.2. The molecule has 1 N–H and O–H groups in total. The standard InChI is InChI=1S/C12H15NO3S/c1-7-4-5-9(16-3)10-11(7)17-6-8(12(14)15)13(10)2/h4-5,8H,6H2,1-3H3,(H,14,15). The molecule has 1 aromatic rings. The van der Waals surface area contributed by atoms with Crippen molar-refractivity contribution in [3.63, 3.8) is 0 Å². The smallest absolute Gasteiger partial charge is 0.327 e. The van der Waals surface area contributed by atoms with E-state index in [1.165, 1.54) is 0 Å². The molecule has 1 heterocycles. The first kappa shape index (κ1) is 12.1. The van der Waals surface area contributed by atoms with Crippen LogP contribution in [-0.4, -0.2) is 37.0 Å². The van der Waals surface area contributed by atoms with Gasteiger partial charge in [0.25, 0.3) is 0 Å². The van der Waals surface area contributed by atoms with E-state index < -0.39 is 12.0 Å². The summed E-state index contributed by atoms with van der Waals surface area (Å²) in [4.78, 5) is 14.1. The van der Waals surface area contributed by atoms with E-state index in [9.17, 15) is 9.90 Å². The number of benzene rings is 1. The minimum absolute atomic E-state index is 0.497.